The molecule has 0 aromatic carbocycles. The van der Waals surface area contributed by atoms with Crippen molar-refractivity contribution in [3.05, 3.63) is 54.1 Å². The van der Waals surface area contributed by atoms with Gasteiger partial charge in [-0.3, -0.25) is 15.0 Å². The summed E-state index contributed by atoms with van der Waals surface area (Å²) in [7, 11) is 0. The van der Waals surface area contributed by atoms with E-state index in [1.165, 1.54) is 6.20 Å². The second-order valence-corrected chi connectivity index (χ2v) is 3.82. The van der Waals surface area contributed by atoms with E-state index in [1.54, 1.807) is 18.6 Å². The lowest BCUT2D eigenvalue weighted by Crippen LogP contribution is -2.07. The first-order valence-electron chi connectivity index (χ1n) is 5.66. The number of allylic oxidation sites excluding steroid dienone is 2. The molecular weight excluding hydrogens is 224 g/mol. The zero-order chi connectivity index (χ0) is 13.4. The minimum Gasteiger partial charge on any atom is -0.402 e. The van der Waals surface area contributed by atoms with Gasteiger partial charge in [-0.05, 0) is 31.5 Å². The minimum atomic E-state index is 0.598. The highest BCUT2D eigenvalue weighted by molar-refractivity contribution is 6.15. The molecule has 0 fully saturated rings. The van der Waals surface area contributed by atoms with Crippen molar-refractivity contribution in [2.24, 2.45) is 15.7 Å². The van der Waals surface area contributed by atoms with Crippen molar-refractivity contribution in [3.63, 3.8) is 0 Å². The molecule has 0 radical (unpaired) electrons. The number of pyridine rings is 1. The van der Waals surface area contributed by atoms with E-state index in [-0.39, 0.29) is 0 Å². The highest BCUT2D eigenvalue weighted by Gasteiger charge is 2.00. The van der Waals surface area contributed by atoms with Crippen molar-refractivity contribution in [1.29, 1.82) is 0 Å². The van der Waals surface area contributed by atoms with E-state index in [2.05, 4.69) is 21.5 Å². The lowest BCUT2D eigenvalue weighted by Gasteiger charge is -2.03. The number of rotatable bonds is 5. The van der Waals surface area contributed by atoms with Gasteiger partial charge in [0.25, 0.3) is 0 Å². The summed E-state index contributed by atoms with van der Waals surface area (Å²) in [5, 5.41) is 0. The van der Waals surface area contributed by atoms with Gasteiger partial charge in [-0.1, -0.05) is 6.58 Å². The van der Waals surface area contributed by atoms with E-state index < -0.39 is 0 Å². The van der Waals surface area contributed by atoms with Crippen LogP contribution in [0, 0.1) is 0 Å². The largest absolute Gasteiger partial charge is 0.402 e. The van der Waals surface area contributed by atoms with E-state index in [9.17, 15) is 0 Å². The third kappa shape index (κ3) is 4.33. The van der Waals surface area contributed by atoms with Gasteiger partial charge >= 0.3 is 0 Å². The smallest absolute Gasteiger partial charge is 0.0641 e. The molecule has 1 aromatic rings. The van der Waals surface area contributed by atoms with Crippen LogP contribution < -0.4 is 5.73 Å². The fourth-order valence-corrected chi connectivity index (χ4v) is 1.42. The predicted molar refractivity (Wildman–Crippen MR) is 76.6 cm³/mol. The van der Waals surface area contributed by atoms with Crippen LogP contribution in [0.2, 0.25) is 0 Å². The number of aliphatic imine (C=N–C) groups is 2. The molecule has 0 saturated carbocycles. The molecule has 0 bridgehead atoms. The lowest BCUT2D eigenvalue weighted by molar-refractivity contribution is 1.06. The molecule has 0 saturated heterocycles. The second kappa shape index (κ2) is 7.17. The Kier molecular flexibility index (Phi) is 5.51. The molecular formula is C14H18N4. The van der Waals surface area contributed by atoms with Crippen LogP contribution in [0.4, 0.5) is 0 Å². The number of nitrogens with zero attached hydrogens (tertiary/aromatic N) is 3. The topological polar surface area (TPSA) is 63.6 Å². The predicted octanol–water partition coefficient (Wildman–Crippen LogP) is 2.49. The van der Waals surface area contributed by atoms with Gasteiger partial charge in [0.15, 0.2) is 0 Å². The van der Waals surface area contributed by atoms with E-state index >= 15 is 0 Å². The molecule has 4 heteroatoms. The highest BCUT2D eigenvalue weighted by atomic mass is 14.7. The molecule has 4 nitrogen and oxygen atoms in total. The molecule has 0 atom stereocenters. The van der Waals surface area contributed by atoms with Crippen LogP contribution >= 0.6 is 0 Å². The van der Waals surface area contributed by atoms with Gasteiger partial charge in [-0.2, -0.15) is 0 Å². The third-order valence-electron chi connectivity index (χ3n) is 2.34. The molecule has 0 aliphatic heterocycles. The number of hydrogen-bond donors (Lipinski definition) is 1. The van der Waals surface area contributed by atoms with Gasteiger partial charge in [-0.25, -0.2) is 0 Å². The monoisotopic (exact) mass is 242 g/mol. The van der Waals surface area contributed by atoms with Crippen molar-refractivity contribution < 1.29 is 0 Å². The normalized spacial score (nSPS) is 13.6. The van der Waals surface area contributed by atoms with Gasteiger partial charge in [0.1, 0.15) is 0 Å². The Morgan fingerprint density at radius 2 is 2.06 bits per heavy atom. The van der Waals surface area contributed by atoms with Crippen molar-refractivity contribution >= 4 is 11.9 Å². The number of aromatic nitrogens is 1. The third-order valence-corrected chi connectivity index (χ3v) is 2.34. The van der Waals surface area contributed by atoms with E-state index in [1.807, 2.05) is 26.0 Å². The van der Waals surface area contributed by atoms with Crippen LogP contribution in [0.3, 0.4) is 0 Å². The van der Waals surface area contributed by atoms with Gasteiger partial charge in [-0.15, -0.1) is 0 Å². The zero-order valence-electron chi connectivity index (χ0n) is 10.8. The molecule has 1 aromatic heterocycles. The summed E-state index contributed by atoms with van der Waals surface area (Å²) in [6.45, 7) is 7.88. The molecule has 0 aliphatic carbocycles. The standard InChI is InChI=1S/C14H18N4/c1-4-18-12(3)14(11(2)15)10-17-9-13-5-7-16-8-6-13/h4-8,10H,1,9,15H2,2-3H3/b14-11+,17-10?,18-12?. The SMILES string of the molecule is C=CN=C(C)/C(C=NCc1ccncc1)=C(\C)N. The molecule has 1 rings (SSSR count). The summed E-state index contributed by atoms with van der Waals surface area (Å²) in [5.74, 6) is 0. The fraction of sp³-hybridized carbons (Fsp3) is 0.214. The average molecular weight is 242 g/mol. The molecule has 1 heterocycles. The first-order valence-corrected chi connectivity index (χ1v) is 5.66. The molecule has 18 heavy (non-hydrogen) atoms. The zero-order valence-corrected chi connectivity index (χ0v) is 10.8. The van der Waals surface area contributed by atoms with E-state index in [0.29, 0.717) is 12.2 Å². The lowest BCUT2D eigenvalue weighted by atomic mass is 10.1. The Labute approximate surface area is 108 Å². The summed E-state index contributed by atoms with van der Waals surface area (Å²) in [6, 6.07) is 3.86. The van der Waals surface area contributed by atoms with Crippen LogP contribution in [-0.4, -0.2) is 16.9 Å². The van der Waals surface area contributed by atoms with E-state index in [0.717, 1.165) is 16.8 Å². The van der Waals surface area contributed by atoms with E-state index in [4.69, 9.17) is 5.73 Å². The Bertz CT molecular complexity index is 480. The first kappa shape index (κ1) is 13.8. The molecule has 0 amide bonds. The minimum absolute atomic E-state index is 0.598. The van der Waals surface area contributed by atoms with Crippen LogP contribution in [0.25, 0.3) is 0 Å². The Morgan fingerprint density at radius 3 is 2.61 bits per heavy atom. The summed E-state index contributed by atoms with van der Waals surface area (Å²) in [4.78, 5) is 12.4. The summed E-state index contributed by atoms with van der Waals surface area (Å²) < 4.78 is 0. The second-order valence-electron chi connectivity index (χ2n) is 3.82. The van der Waals surface area contributed by atoms with Crippen molar-refractivity contribution in [2.45, 2.75) is 20.4 Å². The molecule has 94 valence electrons. The molecule has 0 spiro atoms. The Balaban J connectivity index is 2.78. The van der Waals surface area contributed by atoms with Gasteiger partial charge in [0.05, 0.1) is 6.54 Å². The maximum absolute atomic E-state index is 5.81. The summed E-state index contributed by atoms with van der Waals surface area (Å²) in [5.41, 5.74) is 9.25. The summed E-state index contributed by atoms with van der Waals surface area (Å²) in [6.07, 6.45) is 6.74. The van der Waals surface area contributed by atoms with Crippen LogP contribution in [0.15, 0.2) is 58.6 Å². The Hall–Kier alpha value is -2.23. The molecule has 0 aliphatic rings. The van der Waals surface area contributed by atoms with Crippen LogP contribution in [0.1, 0.15) is 19.4 Å². The fourth-order valence-electron chi connectivity index (χ4n) is 1.42. The quantitative estimate of drug-likeness (QED) is 0.806. The molecule has 2 N–H and O–H groups in total. The average Bonchev–Trinajstić information content (AvgIpc) is 2.35. The molecule has 0 unspecified atom stereocenters. The van der Waals surface area contributed by atoms with Crippen LogP contribution in [-0.2, 0) is 6.54 Å². The van der Waals surface area contributed by atoms with Crippen LogP contribution in [0.5, 0.6) is 0 Å². The maximum Gasteiger partial charge on any atom is 0.0641 e. The van der Waals surface area contributed by atoms with Gasteiger partial charge < -0.3 is 5.73 Å². The number of hydrogen-bond acceptors (Lipinski definition) is 4. The van der Waals surface area contributed by atoms with Crippen molar-refractivity contribution in [1.82, 2.24) is 4.98 Å². The van der Waals surface area contributed by atoms with Crippen molar-refractivity contribution in [3.8, 4) is 0 Å². The van der Waals surface area contributed by atoms with Gasteiger partial charge in [0, 0.05) is 41.8 Å². The Morgan fingerprint density at radius 1 is 1.39 bits per heavy atom. The highest BCUT2D eigenvalue weighted by Crippen LogP contribution is 2.03. The first-order chi connectivity index (χ1) is 8.65. The van der Waals surface area contributed by atoms with Crippen molar-refractivity contribution in [2.75, 3.05) is 0 Å². The number of nitrogens with two attached hydrogens (primary N) is 1. The summed E-state index contributed by atoms with van der Waals surface area (Å²) >= 11 is 0. The maximum atomic E-state index is 5.81. The van der Waals surface area contributed by atoms with Gasteiger partial charge in [0.2, 0.25) is 0 Å².